The van der Waals surface area contributed by atoms with Crippen LogP contribution in [0.3, 0.4) is 0 Å². The van der Waals surface area contributed by atoms with E-state index >= 15 is 0 Å². The number of hydrogen-bond donors (Lipinski definition) is 0. The van der Waals surface area contributed by atoms with E-state index in [4.69, 9.17) is 4.74 Å². The number of ether oxygens (including phenoxy) is 1. The minimum absolute atomic E-state index is 0.0338. The van der Waals surface area contributed by atoms with Crippen molar-refractivity contribution in [1.82, 2.24) is 4.90 Å². The number of hydrogen-bond acceptors (Lipinski definition) is 3. The number of halogens is 2. The van der Waals surface area contributed by atoms with Gasteiger partial charge < -0.3 is 14.5 Å². The van der Waals surface area contributed by atoms with Crippen LogP contribution in [0.4, 0.5) is 14.5 Å². The van der Waals surface area contributed by atoms with Crippen molar-refractivity contribution < 1.29 is 23.1 Å². The Morgan fingerprint density at radius 1 is 1.24 bits per heavy atom. The molecule has 0 radical (unpaired) electrons. The quantitative estimate of drug-likeness (QED) is 0.840. The van der Waals surface area contributed by atoms with E-state index in [1.54, 1.807) is 4.90 Å². The molecule has 0 aliphatic carbocycles. The lowest BCUT2D eigenvalue weighted by Crippen LogP contribution is -2.60. The number of amides is 2. The van der Waals surface area contributed by atoms with Crippen molar-refractivity contribution >= 4 is 17.5 Å². The van der Waals surface area contributed by atoms with Crippen LogP contribution in [0.1, 0.15) is 26.2 Å². The lowest BCUT2D eigenvalue weighted by molar-refractivity contribution is -0.166. The number of alkyl halides is 2. The van der Waals surface area contributed by atoms with Crippen LogP contribution < -0.4 is 4.90 Å². The summed E-state index contributed by atoms with van der Waals surface area (Å²) in [6.07, 6.45) is 0.380. The Labute approximate surface area is 145 Å². The summed E-state index contributed by atoms with van der Waals surface area (Å²) in [5.74, 6) is -4.55. The zero-order valence-corrected chi connectivity index (χ0v) is 14.2. The van der Waals surface area contributed by atoms with E-state index in [1.165, 1.54) is 11.8 Å². The predicted octanol–water partition coefficient (Wildman–Crippen LogP) is 2.46. The first-order valence-electron chi connectivity index (χ1n) is 8.53. The van der Waals surface area contributed by atoms with Crippen molar-refractivity contribution in [3.63, 3.8) is 0 Å². The van der Waals surface area contributed by atoms with E-state index in [1.807, 2.05) is 30.3 Å². The van der Waals surface area contributed by atoms with Crippen LogP contribution in [0.15, 0.2) is 30.3 Å². The van der Waals surface area contributed by atoms with Crippen molar-refractivity contribution in [3.8, 4) is 0 Å². The first-order chi connectivity index (χ1) is 11.9. The maximum Gasteiger partial charge on any atom is 0.324 e. The fourth-order valence-electron chi connectivity index (χ4n) is 3.36. The smallest absolute Gasteiger partial charge is 0.324 e. The van der Waals surface area contributed by atoms with E-state index in [9.17, 15) is 18.4 Å². The Bertz CT molecular complexity index is 643. The maximum absolute atomic E-state index is 13.6. The largest absolute Gasteiger partial charge is 0.363 e. The molecule has 2 heterocycles. The van der Waals surface area contributed by atoms with Crippen LogP contribution in [-0.4, -0.2) is 54.5 Å². The molecule has 2 amide bonds. The van der Waals surface area contributed by atoms with Gasteiger partial charge in [-0.1, -0.05) is 25.1 Å². The first-order valence-corrected chi connectivity index (χ1v) is 8.53. The molecule has 0 atom stereocenters. The third kappa shape index (κ3) is 3.51. The Morgan fingerprint density at radius 3 is 2.48 bits per heavy atom. The lowest BCUT2D eigenvalue weighted by atomic mass is 9.88. The summed E-state index contributed by atoms with van der Waals surface area (Å²) in [6, 6.07) is 9.31. The second-order valence-electron chi connectivity index (χ2n) is 6.64. The average Bonchev–Trinajstić information content (AvgIpc) is 2.65. The van der Waals surface area contributed by atoms with Gasteiger partial charge in [0.1, 0.15) is 6.61 Å². The van der Waals surface area contributed by atoms with Crippen molar-refractivity contribution in [2.75, 3.05) is 31.1 Å². The van der Waals surface area contributed by atoms with Crippen LogP contribution in [0.5, 0.6) is 0 Å². The van der Waals surface area contributed by atoms with Crippen LogP contribution >= 0.6 is 0 Å². The maximum atomic E-state index is 13.6. The number of anilines is 1. The Hall–Kier alpha value is -2.02. The molecule has 1 aromatic rings. The van der Waals surface area contributed by atoms with Gasteiger partial charge in [-0.05, 0) is 25.0 Å². The molecule has 0 aromatic heterocycles. The average molecular weight is 352 g/mol. The Morgan fingerprint density at radius 2 is 1.88 bits per heavy atom. The molecule has 0 N–H and O–H groups in total. The van der Waals surface area contributed by atoms with Gasteiger partial charge in [-0.3, -0.25) is 9.59 Å². The molecule has 1 aromatic carbocycles. The zero-order valence-electron chi connectivity index (χ0n) is 14.2. The fourth-order valence-corrected chi connectivity index (χ4v) is 3.36. The molecule has 25 heavy (non-hydrogen) atoms. The van der Waals surface area contributed by atoms with Crippen LogP contribution in [0.2, 0.25) is 0 Å². The van der Waals surface area contributed by atoms with Crippen molar-refractivity contribution in [1.29, 1.82) is 0 Å². The molecule has 0 bridgehead atoms. The molecular formula is C18H22F2N2O3. The number of piperidine rings is 1. The third-order valence-electron chi connectivity index (χ3n) is 5.04. The van der Waals surface area contributed by atoms with Gasteiger partial charge in [0.05, 0.1) is 12.1 Å². The molecule has 5 nitrogen and oxygen atoms in total. The van der Waals surface area contributed by atoms with Crippen LogP contribution in [0, 0.1) is 0 Å². The molecule has 2 fully saturated rings. The predicted molar refractivity (Wildman–Crippen MR) is 88.5 cm³/mol. The van der Waals surface area contributed by atoms with E-state index in [2.05, 4.69) is 0 Å². The summed E-state index contributed by atoms with van der Waals surface area (Å²) in [6.45, 7) is 2.07. The molecule has 1 spiro atoms. The number of rotatable bonds is 3. The fraction of sp³-hybridized carbons (Fsp3) is 0.556. The monoisotopic (exact) mass is 352 g/mol. The second-order valence-corrected chi connectivity index (χ2v) is 6.64. The summed E-state index contributed by atoms with van der Waals surface area (Å²) in [4.78, 5) is 27.0. The Kier molecular flexibility index (Phi) is 4.77. The molecule has 2 aliphatic heterocycles. The second kappa shape index (κ2) is 6.71. The third-order valence-corrected chi connectivity index (χ3v) is 5.04. The standard InChI is InChI=1S/C18H22F2N2O3/c1-2-18(19,20)16(24)21-10-8-17(9-11-21)13-22(15(23)12-25-17)14-6-4-3-5-7-14/h3-7H,2,8-13H2,1H3. The molecule has 3 rings (SSSR count). The van der Waals surface area contributed by atoms with Gasteiger partial charge in [-0.15, -0.1) is 0 Å². The molecule has 136 valence electrons. The topological polar surface area (TPSA) is 49.9 Å². The summed E-state index contributed by atoms with van der Waals surface area (Å²) >= 11 is 0. The number of carbonyl (C=O) groups excluding carboxylic acids is 2. The SMILES string of the molecule is CCC(F)(F)C(=O)N1CCC2(CC1)CN(c1ccccc1)C(=O)CO2. The van der Waals surface area contributed by atoms with Crippen molar-refractivity contribution in [2.24, 2.45) is 0 Å². The van der Waals surface area contributed by atoms with Crippen molar-refractivity contribution in [2.45, 2.75) is 37.7 Å². The summed E-state index contributed by atoms with van der Waals surface area (Å²) in [7, 11) is 0. The van der Waals surface area contributed by atoms with Crippen LogP contribution in [0.25, 0.3) is 0 Å². The molecule has 0 unspecified atom stereocenters. The highest BCUT2D eigenvalue weighted by Gasteiger charge is 2.47. The summed E-state index contributed by atoms with van der Waals surface area (Å²) in [5, 5.41) is 0. The molecule has 0 saturated carbocycles. The van der Waals surface area contributed by atoms with Crippen LogP contribution in [-0.2, 0) is 14.3 Å². The highest BCUT2D eigenvalue weighted by molar-refractivity contribution is 5.95. The van der Waals surface area contributed by atoms with E-state index in [0.717, 1.165) is 5.69 Å². The molecule has 2 saturated heterocycles. The Balaban J connectivity index is 1.68. The van der Waals surface area contributed by atoms with Gasteiger partial charge in [0.15, 0.2) is 0 Å². The molecule has 2 aliphatic rings. The van der Waals surface area contributed by atoms with Gasteiger partial charge in [-0.25, -0.2) is 0 Å². The molecular weight excluding hydrogens is 330 g/mol. The van der Waals surface area contributed by atoms with E-state index in [-0.39, 0.29) is 25.6 Å². The zero-order chi connectivity index (χ0) is 18.1. The number of nitrogens with zero attached hydrogens (tertiary/aromatic N) is 2. The first kappa shape index (κ1) is 17.8. The van der Waals surface area contributed by atoms with Gasteiger partial charge in [0, 0.05) is 25.2 Å². The number of carbonyl (C=O) groups is 2. The number of likely N-dealkylation sites (tertiary alicyclic amines) is 1. The molecule has 7 heteroatoms. The number of benzene rings is 1. The summed E-state index contributed by atoms with van der Waals surface area (Å²) in [5.41, 5.74) is 0.216. The van der Waals surface area contributed by atoms with Gasteiger partial charge in [0.25, 0.3) is 11.8 Å². The number of morpholine rings is 1. The number of para-hydroxylation sites is 1. The highest BCUT2D eigenvalue weighted by atomic mass is 19.3. The van der Waals surface area contributed by atoms with Gasteiger partial charge in [0.2, 0.25) is 0 Å². The van der Waals surface area contributed by atoms with Gasteiger partial charge in [-0.2, -0.15) is 8.78 Å². The van der Waals surface area contributed by atoms with Gasteiger partial charge >= 0.3 is 5.92 Å². The lowest BCUT2D eigenvalue weighted by Gasteiger charge is -2.47. The summed E-state index contributed by atoms with van der Waals surface area (Å²) < 4.78 is 33.0. The highest BCUT2D eigenvalue weighted by Crippen LogP contribution is 2.34. The van der Waals surface area contributed by atoms with E-state index in [0.29, 0.717) is 19.4 Å². The van der Waals surface area contributed by atoms with E-state index < -0.39 is 23.9 Å². The minimum atomic E-state index is -3.32. The minimum Gasteiger partial charge on any atom is -0.363 e. The van der Waals surface area contributed by atoms with Crippen molar-refractivity contribution in [3.05, 3.63) is 30.3 Å². The normalized spacial score (nSPS) is 20.8.